The molecule has 0 radical (unpaired) electrons. The minimum atomic E-state index is -1.35. The van der Waals surface area contributed by atoms with Crippen molar-refractivity contribution in [2.24, 2.45) is 22.9 Å². The van der Waals surface area contributed by atoms with Crippen molar-refractivity contribution in [3.63, 3.8) is 0 Å². The lowest BCUT2D eigenvalue weighted by molar-refractivity contribution is -0.384. The van der Waals surface area contributed by atoms with Crippen molar-refractivity contribution in [2.75, 3.05) is 26.4 Å². The predicted molar refractivity (Wildman–Crippen MR) is 238 cm³/mol. The number of benzene rings is 2. The lowest BCUT2D eigenvalue weighted by atomic mass is 9.55. The Kier molecular flexibility index (Phi) is 19.1. The summed E-state index contributed by atoms with van der Waals surface area (Å²) in [5.74, 6) is -1.15. The molecule has 2 aliphatic carbocycles. The van der Waals surface area contributed by atoms with E-state index in [1.807, 2.05) is 11.0 Å². The van der Waals surface area contributed by atoms with Gasteiger partial charge in [-0.25, -0.2) is 0 Å². The summed E-state index contributed by atoms with van der Waals surface area (Å²) in [6.45, 7) is 9.25. The van der Waals surface area contributed by atoms with Crippen LogP contribution in [0.5, 0.6) is 11.5 Å². The number of allylic oxidation sites excluding steroid dienone is 1. The third-order valence-electron chi connectivity index (χ3n) is 12.9. The molecule has 1 aliphatic heterocycles. The Bertz CT molecular complexity index is 1760. The molecular formula is C49H71N3O9. The van der Waals surface area contributed by atoms with Crippen molar-refractivity contribution in [3.05, 3.63) is 88.0 Å². The summed E-state index contributed by atoms with van der Waals surface area (Å²) in [5, 5.41) is 46.9. The number of nitro groups is 1. The highest BCUT2D eigenvalue weighted by Gasteiger charge is 2.65. The molecule has 12 heteroatoms. The Hall–Kier alpha value is -4.26. The summed E-state index contributed by atoms with van der Waals surface area (Å²) >= 11 is 0. The largest absolute Gasteiger partial charge is 0.508 e. The molecule has 3 aliphatic rings. The average Bonchev–Trinajstić information content (AvgIpc) is 3.26. The molecule has 61 heavy (non-hydrogen) atoms. The number of phenolic OH excluding ortho intramolecular Hbond substituents is 1. The van der Waals surface area contributed by atoms with Crippen LogP contribution in [0.2, 0.25) is 0 Å². The molecule has 2 aromatic carbocycles. The van der Waals surface area contributed by atoms with Crippen LogP contribution < -0.4 is 4.74 Å². The number of nitrogens with zero attached hydrogens (tertiary/aromatic N) is 3. The number of fused-ring (bicyclic) bond motifs is 2. The lowest BCUT2D eigenvalue weighted by Gasteiger charge is -2.60. The first-order valence-electron chi connectivity index (χ1n) is 23.1. The van der Waals surface area contributed by atoms with Gasteiger partial charge in [0.05, 0.1) is 23.2 Å². The second-order valence-corrected chi connectivity index (χ2v) is 17.2. The van der Waals surface area contributed by atoms with Crippen LogP contribution in [0.25, 0.3) is 0 Å². The van der Waals surface area contributed by atoms with Gasteiger partial charge in [0.1, 0.15) is 24.1 Å². The van der Waals surface area contributed by atoms with E-state index in [1.54, 1.807) is 30.3 Å². The third-order valence-corrected chi connectivity index (χ3v) is 12.9. The Balaban J connectivity index is 1.60. The van der Waals surface area contributed by atoms with Gasteiger partial charge in [0.2, 0.25) is 11.7 Å². The average molecular weight is 846 g/mol. The zero-order valence-corrected chi connectivity index (χ0v) is 36.7. The minimum absolute atomic E-state index is 0.00746. The number of carbonyl (C=O) groups is 1. The number of rotatable bonds is 28. The molecule has 5 rings (SSSR count). The van der Waals surface area contributed by atoms with Gasteiger partial charge < -0.3 is 34.5 Å². The highest BCUT2D eigenvalue weighted by molar-refractivity contribution is 6.03. The van der Waals surface area contributed by atoms with E-state index in [1.165, 1.54) is 50.7 Å². The summed E-state index contributed by atoms with van der Waals surface area (Å²) < 4.78 is 14.3. The smallest absolute Gasteiger partial charge is 0.269 e. The first-order chi connectivity index (χ1) is 29.7. The number of phenols is 1. The topological polar surface area (TPSA) is 164 Å². The first kappa shape index (κ1) is 47.8. The molecule has 6 atom stereocenters. The summed E-state index contributed by atoms with van der Waals surface area (Å²) in [5.41, 5.74) is 3.18. The summed E-state index contributed by atoms with van der Waals surface area (Å²) in [7, 11) is 0. The Labute approximate surface area is 363 Å². The highest BCUT2D eigenvalue weighted by Crippen LogP contribution is 2.62. The van der Waals surface area contributed by atoms with E-state index >= 15 is 0 Å². The molecule has 3 N–H and O–H groups in total. The van der Waals surface area contributed by atoms with Crippen LogP contribution in [0.3, 0.4) is 0 Å². The number of aliphatic hydroxyl groups is 2. The molecule has 1 fully saturated rings. The number of carbonyl (C=O) groups excluding carboxylic acids is 1. The van der Waals surface area contributed by atoms with Gasteiger partial charge in [-0.1, -0.05) is 95.4 Å². The zero-order chi connectivity index (χ0) is 43.6. The standard InChI is InChI=1S/C49H71N3O9/c1-4-7-8-9-10-11-12-13-14-21-46(56)51(28-5-2)45-34-43(50-60-35-36-22-24-38(25-23-36)52(57)58)41-32-37(19-15-17-29-53)40(20-16-18-30-54)47-42-33-39(55)26-27-44(42)61-49(45,48(41)47)59-31-6-3/h6,22-27,32-33,37,40,45,47-48,53-55H,3-5,7-21,28-31,34-35H2,1-2H3. The summed E-state index contributed by atoms with van der Waals surface area (Å²) in [6, 6.07) is 10.9. The SMILES string of the molecule is C=CCOC12Oc3ccc(O)cc3C3C(CCCCO)C(CCCCO)C=C(C(=NOCc4ccc([N+](=O)[O-])cc4)CC1N(CCC)C(=O)CCCCCCCCCCC)C32. The van der Waals surface area contributed by atoms with Crippen LogP contribution in [-0.2, 0) is 21.0 Å². The number of aliphatic hydroxyl groups excluding tert-OH is 2. The predicted octanol–water partition coefficient (Wildman–Crippen LogP) is 10.3. The van der Waals surface area contributed by atoms with Crippen LogP contribution >= 0.6 is 0 Å². The number of ether oxygens (including phenoxy) is 2. The molecule has 0 saturated heterocycles. The third kappa shape index (κ3) is 12.2. The Morgan fingerprint density at radius 1 is 0.951 bits per heavy atom. The fourth-order valence-corrected chi connectivity index (χ4v) is 9.98. The van der Waals surface area contributed by atoms with Gasteiger partial charge in [0.15, 0.2) is 0 Å². The van der Waals surface area contributed by atoms with Crippen LogP contribution in [0.15, 0.2) is 71.9 Å². The van der Waals surface area contributed by atoms with E-state index in [0.717, 1.165) is 68.1 Å². The van der Waals surface area contributed by atoms with E-state index in [0.29, 0.717) is 43.7 Å². The summed E-state index contributed by atoms with van der Waals surface area (Å²) in [6.07, 6.45) is 20.3. The monoisotopic (exact) mass is 846 g/mol. The second kappa shape index (κ2) is 24.4. The van der Waals surface area contributed by atoms with Crippen molar-refractivity contribution in [1.29, 1.82) is 0 Å². The maximum atomic E-state index is 14.7. The van der Waals surface area contributed by atoms with Gasteiger partial charge in [-0.3, -0.25) is 14.9 Å². The summed E-state index contributed by atoms with van der Waals surface area (Å²) in [4.78, 5) is 33.6. The Morgan fingerprint density at radius 2 is 1.64 bits per heavy atom. The van der Waals surface area contributed by atoms with Gasteiger partial charge >= 0.3 is 0 Å². The number of amides is 1. The number of oxime groups is 1. The fraction of sp³-hybridized carbons (Fsp3) is 0.633. The van der Waals surface area contributed by atoms with E-state index < -0.39 is 22.7 Å². The van der Waals surface area contributed by atoms with Crippen LogP contribution in [0.1, 0.15) is 146 Å². The van der Waals surface area contributed by atoms with E-state index in [9.17, 15) is 30.2 Å². The molecule has 0 spiro atoms. The molecule has 6 unspecified atom stereocenters. The lowest BCUT2D eigenvalue weighted by Crippen LogP contribution is -2.70. The van der Waals surface area contributed by atoms with Crippen LogP contribution in [-0.4, -0.2) is 75.0 Å². The Morgan fingerprint density at radius 3 is 2.30 bits per heavy atom. The van der Waals surface area contributed by atoms with Gasteiger partial charge in [0.25, 0.3) is 5.69 Å². The number of hydrogen-bond acceptors (Lipinski definition) is 10. The van der Waals surface area contributed by atoms with Crippen LogP contribution in [0, 0.1) is 27.9 Å². The van der Waals surface area contributed by atoms with E-state index in [2.05, 4.69) is 26.5 Å². The number of aromatic hydroxyl groups is 1. The number of hydrogen-bond donors (Lipinski definition) is 3. The van der Waals surface area contributed by atoms with E-state index in [4.69, 9.17) is 19.5 Å². The fourth-order valence-electron chi connectivity index (χ4n) is 9.98. The quantitative estimate of drug-likeness (QED) is 0.0327. The minimum Gasteiger partial charge on any atom is -0.508 e. The van der Waals surface area contributed by atoms with Crippen molar-refractivity contribution in [1.82, 2.24) is 4.90 Å². The molecule has 1 heterocycles. The second-order valence-electron chi connectivity index (χ2n) is 17.2. The van der Waals surface area contributed by atoms with Crippen molar-refractivity contribution < 1.29 is 39.3 Å². The molecule has 1 amide bonds. The van der Waals surface area contributed by atoms with Gasteiger partial charge in [-0.05, 0) is 91.8 Å². The van der Waals surface area contributed by atoms with Crippen molar-refractivity contribution in [3.8, 4) is 11.5 Å². The van der Waals surface area contributed by atoms with E-state index in [-0.39, 0.29) is 61.5 Å². The molecule has 0 aromatic heterocycles. The van der Waals surface area contributed by atoms with Gasteiger partial charge in [-0.2, -0.15) is 0 Å². The number of nitro benzene ring substituents is 1. The van der Waals surface area contributed by atoms with Gasteiger partial charge in [-0.15, -0.1) is 6.58 Å². The highest BCUT2D eigenvalue weighted by atomic mass is 16.7. The number of unbranched alkanes of at least 4 members (excludes halogenated alkanes) is 10. The molecule has 1 saturated carbocycles. The first-order valence-corrected chi connectivity index (χ1v) is 23.1. The van der Waals surface area contributed by atoms with Crippen molar-refractivity contribution >= 4 is 17.3 Å². The van der Waals surface area contributed by atoms with Gasteiger partial charge in [0, 0.05) is 56.2 Å². The maximum absolute atomic E-state index is 14.7. The zero-order valence-electron chi connectivity index (χ0n) is 36.7. The van der Waals surface area contributed by atoms with Crippen LogP contribution in [0.4, 0.5) is 5.69 Å². The molecule has 12 nitrogen and oxygen atoms in total. The molecule has 2 aromatic rings. The molecular weight excluding hydrogens is 775 g/mol. The molecule has 336 valence electrons. The normalized spacial score (nSPS) is 23.4. The van der Waals surface area contributed by atoms with Crippen molar-refractivity contribution in [2.45, 2.75) is 154 Å². The maximum Gasteiger partial charge on any atom is 0.269 e. The molecule has 0 bridgehead atoms. The number of non-ortho nitro benzene ring substituents is 1.